The fraction of sp³-hybridized carbons (Fsp3) is 0.100. The number of hydrogen-bond acceptors (Lipinski definition) is 3. The van der Waals surface area contributed by atoms with Crippen molar-refractivity contribution in [3.05, 3.63) is 89.8 Å². The standard InChI is InChI=1S/C20H17F2N3O/c21-16-6-4-14(5-7-16)8-9-24-20(26)15-10-19(13-23-12-15)25-18-3-1-2-17(22)11-18/h1-7,10-13,25H,8-9H2,(H,24,26). The number of anilines is 2. The van der Waals surface area contributed by atoms with Crippen LogP contribution in [-0.2, 0) is 6.42 Å². The van der Waals surface area contributed by atoms with Crippen molar-refractivity contribution in [1.82, 2.24) is 10.3 Å². The zero-order valence-corrected chi connectivity index (χ0v) is 13.9. The van der Waals surface area contributed by atoms with Gasteiger partial charge in [0.05, 0.1) is 17.4 Å². The van der Waals surface area contributed by atoms with E-state index in [2.05, 4.69) is 15.6 Å². The maximum atomic E-state index is 13.2. The van der Waals surface area contributed by atoms with E-state index in [0.717, 1.165) is 5.56 Å². The van der Waals surface area contributed by atoms with Gasteiger partial charge >= 0.3 is 0 Å². The minimum absolute atomic E-state index is 0.262. The molecule has 26 heavy (non-hydrogen) atoms. The van der Waals surface area contributed by atoms with Gasteiger partial charge in [-0.15, -0.1) is 0 Å². The second-order valence-electron chi connectivity index (χ2n) is 5.73. The Labute approximate surface area is 149 Å². The van der Waals surface area contributed by atoms with Crippen LogP contribution >= 0.6 is 0 Å². The van der Waals surface area contributed by atoms with Crippen LogP contribution in [-0.4, -0.2) is 17.4 Å². The number of carbonyl (C=O) groups is 1. The van der Waals surface area contributed by atoms with Crippen LogP contribution in [0.4, 0.5) is 20.2 Å². The topological polar surface area (TPSA) is 54.0 Å². The zero-order chi connectivity index (χ0) is 18.4. The Hall–Kier alpha value is -3.28. The number of pyridine rings is 1. The SMILES string of the molecule is O=C(NCCc1ccc(F)cc1)c1cncc(Nc2cccc(F)c2)c1. The fourth-order valence-electron chi connectivity index (χ4n) is 2.44. The maximum Gasteiger partial charge on any atom is 0.252 e. The summed E-state index contributed by atoms with van der Waals surface area (Å²) in [6, 6.07) is 13.8. The Kier molecular flexibility index (Phi) is 5.53. The van der Waals surface area contributed by atoms with Gasteiger partial charge in [0.2, 0.25) is 0 Å². The fourth-order valence-corrected chi connectivity index (χ4v) is 2.44. The maximum absolute atomic E-state index is 13.2. The van der Waals surface area contributed by atoms with Gasteiger partial charge in [-0.3, -0.25) is 9.78 Å². The number of halogens is 2. The molecule has 2 N–H and O–H groups in total. The van der Waals surface area contributed by atoms with E-state index in [-0.39, 0.29) is 17.5 Å². The zero-order valence-electron chi connectivity index (χ0n) is 13.9. The second-order valence-corrected chi connectivity index (χ2v) is 5.73. The van der Waals surface area contributed by atoms with Crippen molar-refractivity contribution in [2.75, 3.05) is 11.9 Å². The van der Waals surface area contributed by atoms with E-state index < -0.39 is 0 Å². The van der Waals surface area contributed by atoms with Gasteiger partial charge < -0.3 is 10.6 Å². The molecule has 0 atom stereocenters. The summed E-state index contributed by atoms with van der Waals surface area (Å²) in [4.78, 5) is 16.3. The first kappa shape index (κ1) is 17.5. The molecule has 0 saturated carbocycles. The molecular weight excluding hydrogens is 336 g/mol. The molecular formula is C20H17F2N3O. The predicted molar refractivity (Wildman–Crippen MR) is 96.4 cm³/mol. The highest BCUT2D eigenvalue weighted by Crippen LogP contribution is 2.17. The third-order valence-electron chi connectivity index (χ3n) is 3.73. The molecule has 3 aromatic rings. The van der Waals surface area contributed by atoms with E-state index >= 15 is 0 Å². The third kappa shape index (κ3) is 4.86. The first-order valence-electron chi connectivity index (χ1n) is 8.10. The summed E-state index contributed by atoms with van der Waals surface area (Å²) in [5, 5.41) is 5.81. The van der Waals surface area contributed by atoms with Crippen LogP contribution in [0.2, 0.25) is 0 Å². The van der Waals surface area contributed by atoms with Gasteiger partial charge in [0.1, 0.15) is 11.6 Å². The molecule has 6 heteroatoms. The van der Waals surface area contributed by atoms with Crippen LogP contribution in [0.1, 0.15) is 15.9 Å². The van der Waals surface area contributed by atoms with Crippen molar-refractivity contribution < 1.29 is 13.6 Å². The summed E-state index contributed by atoms with van der Waals surface area (Å²) in [7, 11) is 0. The lowest BCUT2D eigenvalue weighted by molar-refractivity contribution is 0.0954. The van der Waals surface area contributed by atoms with E-state index in [1.165, 1.54) is 30.5 Å². The Morgan fingerprint density at radius 2 is 1.73 bits per heavy atom. The van der Waals surface area contributed by atoms with Gasteiger partial charge in [-0.2, -0.15) is 0 Å². The quantitative estimate of drug-likeness (QED) is 0.702. The summed E-state index contributed by atoms with van der Waals surface area (Å²) in [6.07, 6.45) is 3.62. The van der Waals surface area contributed by atoms with Crippen LogP contribution in [0.25, 0.3) is 0 Å². The summed E-state index contributed by atoms with van der Waals surface area (Å²) >= 11 is 0. The number of hydrogen-bond donors (Lipinski definition) is 2. The molecule has 3 rings (SSSR count). The molecule has 0 radical (unpaired) electrons. The first-order valence-corrected chi connectivity index (χ1v) is 8.10. The molecule has 2 aromatic carbocycles. The molecule has 1 amide bonds. The molecule has 0 saturated heterocycles. The number of aromatic nitrogens is 1. The molecule has 0 unspecified atom stereocenters. The van der Waals surface area contributed by atoms with Crippen LogP contribution in [0, 0.1) is 11.6 Å². The highest BCUT2D eigenvalue weighted by molar-refractivity contribution is 5.94. The van der Waals surface area contributed by atoms with E-state index in [4.69, 9.17) is 0 Å². The van der Waals surface area contributed by atoms with E-state index in [1.807, 2.05) is 0 Å². The highest BCUT2D eigenvalue weighted by Gasteiger charge is 2.07. The number of amides is 1. The highest BCUT2D eigenvalue weighted by atomic mass is 19.1. The monoisotopic (exact) mass is 353 g/mol. The average Bonchev–Trinajstić information content (AvgIpc) is 2.63. The summed E-state index contributed by atoms with van der Waals surface area (Å²) < 4.78 is 26.1. The molecule has 0 bridgehead atoms. The van der Waals surface area contributed by atoms with Crippen LogP contribution < -0.4 is 10.6 Å². The van der Waals surface area contributed by atoms with E-state index in [1.54, 1.807) is 36.5 Å². The summed E-state index contributed by atoms with van der Waals surface area (Å²) in [6.45, 7) is 0.423. The van der Waals surface area contributed by atoms with Crippen LogP contribution in [0.5, 0.6) is 0 Å². The van der Waals surface area contributed by atoms with Gasteiger partial charge in [0, 0.05) is 18.4 Å². The van der Waals surface area contributed by atoms with Crippen molar-refractivity contribution in [2.24, 2.45) is 0 Å². The number of nitrogens with zero attached hydrogens (tertiary/aromatic N) is 1. The van der Waals surface area contributed by atoms with E-state index in [0.29, 0.717) is 29.9 Å². The Balaban J connectivity index is 1.58. The van der Waals surface area contributed by atoms with Gasteiger partial charge in [0.15, 0.2) is 0 Å². The average molecular weight is 353 g/mol. The molecule has 1 heterocycles. The van der Waals surface area contributed by atoms with Gasteiger partial charge in [-0.25, -0.2) is 8.78 Å². The molecule has 0 spiro atoms. The van der Waals surface area contributed by atoms with Crippen molar-refractivity contribution in [3.63, 3.8) is 0 Å². The van der Waals surface area contributed by atoms with Crippen molar-refractivity contribution >= 4 is 17.3 Å². The Bertz CT molecular complexity index is 898. The molecule has 1 aromatic heterocycles. The number of rotatable bonds is 6. The lowest BCUT2D eigenvalue weighted by Crippen LogP contribution is -2.25. The number of nitrogens with one attached hydrogen (secondary N) is 2. The Morgan fingerprint density at radius 3 is 2.50 bits per heavy atom. The van der Waals surface area contributed by atoms with Gasteiger partial charge in [-0.05, 0) is 48.4 Å². The van der Waals surface area contributed by atoms with Crippen molar-refractivity contribution in [2.45, 2.75) is 6.42 Å². The summed E-state index contributed by atoms with van der Waals surface area (Å²) in [5.74, 6) is -0.897. The lowest BCUT2D eigenvalue weighted by atomic mass is 10.1. The smallest absolute Gasteiger partial charge is 0.252 e. The van der Waals surface area contributed by atoms with Gasteiger partial charge in [0.25, 0.3) is 5.91 Å². The Morgan fingerprint density at radius 1 is 0.923 bits per heavy atom. The largest absolute Gasteiger partial charge is 0.354 e. The second kappa shape index (κ2) is 8.20. The number of benzene rings is 2. The van der Waals surface area contributed by atoms with E-state index in [9.17, 15) is 13.6 Å². The van der Waals surface area contributed by atoms with Crippen molar-refractivity contribution in [1.29, 1.82) is 0 Å². The first-order chi connectivity index (χ1) is 12.6. The molecule has 0 fully saturated rings. The lowest BCUT2D eigenvalue weighted by Gasteiger charge is -2.09. The molecule has 0 aliphatic rings. The van der Waals surface area contributed by atoms with Crippen molar-refractivity contribution in [3.8, 4) is 0 Å². The van der Waals surface area contributed by atoms with Crippen LogP contribution in [0.15, 0.2) is 67.0 Å². The van der Waals surface area contributed by atoms with Gasteiger partial charge in [-0.1, -0.05) is 18.2 Å². The molecule has 4 nitrogen and oxygen atoms in total. The summed E-state index contributed by atoms with van der Waals surface area (Å²) in [5.41, 5.74) is 2.49. The minimum Gasteiger partial charge on any atom is -0.354 e. The third-order valence-corrected chi connectivity index (χ3v) is 3.73. The molecule has 0 aliphatic carbocycles. The molecule has 0 aliphatic heterocycles. The number of carbonyl (C=O) groups excluding carboxylic acids is 1. The predicted octanol–water partition coefficient (Wildman–Crippen LogP) is 4.08. The molecule has 132 valence electrons. The minimum atomic E-state index is -0.349. The normalized spacial score (nSPS) is 10.4. The van der Waals surface area contributed by atoms with Crippen LogP contribution in [0.3, 0.4) is 0 Å².